The van der Waals surface area contributed by atoms with Crippen LogP contribution in [0.25, 0.3) is 0 Å². The van der Waals surface area contributed by atoms with E-state index in [1.165, 1.54) is 11.1 Å². The van der Waals surface area contributed by atoms with Gasteiger partial charge in [0.15, 0.2) is 0 Å². The van der Waals surface area contributed by atoms with Crippen LogP contribution in [-0.4, -0.2) is 27.3 Å². The van der Waals surface area contributed by atoms with E-state index in [1.807, 2.05) is 26.8 Å². The Morgan fingerprint density at radius 3 is 2.25 bits per heavy atom. The van der Waals surface area contributed by atoms with Crippen molar-refractivity contribution in [2.24, 2.45) is 10.9 Å². The van der Waals surface area contributed by atoms with Crippen LogP contribution in [0.1, 0.15) is 48.0 Å². The smallest absolute Gasteiger partial charge is 0.0998 e. The molecular weight excluding hydrogens is 268 g/mol. The van der Waals surface area contributed by atoms with Crippen LogP contribution in [0.4, 0.5) is 0 Å². The van der Waals surface area contributed by atoms with Gasteiger partial charge in [-0.3, -0.25) is 14.6 Å². The van der Waals surface area contributed by atoms with Gasteiger partial charge in [-0.25, -0.2) is 0 Å². The highest BCUT2D eigenvalue weighted by molar-refractivity contribution is 7.99. The molecule has 20 heavy (non-hydrogen) atoms. The average Bonchev–Trinajstić information content (AvgIpc) is 2.41. The molecule has 3 nitrogen and oxygen atoms in total. The first kappa shape index (κ1) is 19.0. The molecule has 0 spiro atoms. The Kier molecular flexibility index (Phi) is 8.54. The molecule has 0 aliphatic carbocycles. The van der Waals surface area contributed by atoms with Gasteiger partial charge < -0.3 is 0 Å². The maximum absolute atomic E-state index is 11.3. The minimum Gasteiger partial charge on any atom is -0.296 e. The maximum Gasteiger partial charge on any atom is 0.0998 e. The van der Waals surface area contributed by atoms with Gasteiger partial charge in [0.1, 0.15) is 0 Å². The minimum absolute atomic E-state index is 0.0346. The summed E-state index contributed by atoms with van der Waals surface area (Å²) in [5.41, 5.74) is 3.58. The van der Waals surface area contributed by atoms with Crippen molar-refractivity contribution >= 4 is 21.6 Å². The molecule has 0 aromatic rings. The maximum atomic E-state index is 11.3. The van der Waals surface area contributed by atoms with Gasteiger partial charge in [0.2, 0.25) is 0 Å². The first-order valence-corrected chi connectivity index (χ1v) is 8.57. The molecule has 0 aromatic carbocycles. The third-order valence-corrected chi connectivity index (χ3v) is 4.62. The number of nitrogens with zero attached hydrogens (tertiary/aromatic N) is 1. The van der Waals surface area contributed by atoms with E-state index in [2.05, 4.69) is 31.8 Å². The van der Waals surface area contributed by atoms with Gasteiger partial charge >= 0.3 is 0 Å². The van der Waals surface area contributed by atoms with Gasteiger partial charge in [0, 0.05) is 17.9 Å². The fourth-order valence-electron chi connectivity index (χ4n) is 1.62. The SMILES string of the molecule is CC/C(C)=C(C)/C=C\C(C)=NC(C)C(C)C(=N)S(C)=O. The topological polar surface area (TPSA) is 53.3 Å². The summed E-state index contributed by atoms with van der Waals surface area (Å²) in [7, 11) is -1.21. The summed E-state index contributed by atoms with van der Waals surface area (Å²) in [6, 6.07) is -0.0346. The normalized spacial score (nSPS) is 18.6. The predicted octanol–water partition coefficient (Wildman–Crippen LogP) is 4.13. The average molecular weight is 296 g/mol. The lowest BCUT2D eigenvalue weighted by atomic mass is 10.1. The molecular formula is C16H28N2OS. The molecule has 1 N–H and O–H groups in total. The van der Waals surface area contributed by atoms with Crippen LogP contribution in [0.5, 0.6) is 0 Å². The zero-order chi connectivity index (χ0) is 15.9. The minimum atomic E-state index is -1.21. The number of aliphatic imine (C=N–C) groups is 1. The Hall–Kier alpha value is -1.03. The second kappa shape index (κ2) is 9.01. The van der Waals surface area contributed by atoms with Gasteiger partial charge in [-0.1, -0.05) is 31.1 Å². The van der Waals surface area contributed by atoms with E-state index < -0.39 is 10.8 Å². The van der Waals surface area contributed by atoms with Crippen LogP contribution in [0, 0.1) is 11.3 Å². The van der Waals surface area contributed by atoms with Gasteiger partial charge in [-0.2, -0.15) is 0 Å². The van der Waals surface area contributed by atoms with E-state index in [0.717, 1.165) is 12.1 Å². The van der Waals surface area contributed by atoms with Crippen LogP contribution < -0.4 is 0 Å². The molecule has 3 unspecified atom stereocenters. The Bertz CT molecular complexity index is 461. The number of allylic oxidation sites excluding steroid dienone is 4. The highest BCUT2D eigenvalue weighted by atomic mass is 32.2. The Morgan fingerprint density at radius 1 is 1.25 bits per heavy atom. The molecule has 3 atom stereocenters. The van der Waals surface area contributed by atoms with Crippen molar-refractivity contribution in [1.82, 2.24) is 0 Å². The number of hydrogen-bond donors (Lipinski definition) is 1. The molecule has 0 aliphatic rings. The van der Waals surface area contributed by atoms with Crippen molar-refractivity contribution in [3.8, 4) is 0 Å². The second-order valence-corrected chi connectivity index (χ2v) is 6.62. The van der Waals surface area contributed by atoms with Gasteiger partial charge in [0.25, 0.3) is 0 Å². The van der Waals surface area contributed by atoms with E-state index in [-0.39, 0.29) is 17.0 Å². The highest BCUT2D eigenvalue weighted by Crippen LogP contribution is 2.12. The highest BCUT2D eigenvalue weighted by Gasteiger charge is 2.18. The zero-order valence-electron chi connectivity index (χ0n) is 13.8. The molecule has 0 fully saturated rings. The molecule has 0 amide bonds. The van der Waals surface area contributed by atoms with Gasteiger partial charge in [-0.05, 0) is 40.2 Å². The first-order valence-electron chi connectivity index (χ1n) is 7.01. The van der Waals surface area contributed by atoms with Crippen LogP contribution >= 0.6 is 0 Å². The summed E-state index contributed by atoms with van der Waals surface area (Å²) < 4.78 is 11.3. The zero-order valence-corrected chi connectivity index (χ0v) is 14.6. The molecule has 0 rings (SSSR count). The van der Waals surface area contributed by atoms with Crippen molar-refractivity contribution in [1.29, 1.82) is 5.41 Å². The summed E-state index contributed by atoms with van der Waals surface area (Å²) in [5.74, 6) is -0.0989. The van der Waals surface area contributed by atoms with Gasteiger partial charge in [0.05, 0.1) is 21.9 Å². The Morgan fingerprint density at radius 2 is 1.80 bits per heavy atom. The summed E-state index contributed by atoms with van der Waals surface area (Å²) in [6.07, 6.45) is 6.69. The van der Waals surface area contributed by atoms with E-state index in [0.29, 0.717) is 0 Å². The predicted molar refractivity (Wildman–Crippen MR) is 91.3 cm³/mol. The molecule has 0 aliphatic heterocycles. The van der Waals surface area contributed by atoms with Gasteiger partial charge in [-0.15, -0.1) is 0 Å². The summed E-state index contributed by atoms with van der Waals surface area (Å²) in [6.45, 7) is 12.2. The third-order valence-electron chi connectivity index (χ3n) is 3.63. The Balaban J connectivity index is 4.86. The first-order chi connectivity index (χ1) is 9.20. The van der Waals surface area contributed by atoms with Crippen LogP contribution in [-0.2, 0) is 10.8 Å². The molecule has 0 radical (unpaired) electrons. The number of hydrogen-bond acceptors (Lipinski definition) is 3. The van der Waals surface area contributed by atoms with Crippen molar-refractivity contribution in [3.63, 3.8) is 0 Å². The lowest BCUT2D eigenvalue weighted by molar-refractivity contribution is 0.616. The second-order valence-electron chi connectivity index (χ2n) is 5.27. The molecule has 0 heterocycles. The van der Waals surface area contributed by atoms with Crippen molar-refractivity contribution in [3.05, 3.63) is 23.3 Å². The standard InChI is InChI=1S/C16H28N2OS/c1-8-11(2)12(3)9-10-13(4)18-15(6)14(5)16(17)20(7)19/h9-10,14-15,17H,8H2,1-7H3/b10-9-,12-11+,17-16?,18-13?. The summed E-state index contributed by atoms with van der Waals surface area (Å²) >= 11 is 0. The van der Waals surface area contributed by atoms with Crippen molar-refractivity contribution in [2.75, 3.05) is 6.26 Å². The largest absolute Gasteiger partial charge is 0.296 e. The third kappa shape index (κ3) is 6.42. The summed E-state index contributed by atoms with van der Waals surface area (Å²) in [4.78, 5) is 4.57. The van der Waals surface area contributed by atoms with E-state index >= 15 is 0 Å². The molecule has 114 valence electrons. The lowest BCUT2D eigenvalue weighted by Crippen LogP contribution is -2.24. The number of nitrogens with one attached hydrogen (secondary N) is 1. The van der Waals surface area contributed by atoms with E-state index in [4.69, 9.17) is 5.41 Å². The quantitative estimate of drug-likeness (QED) is 0.447. The fraction of sp³-hybridized carbons (Fsp3) is 0.625. The van der Waals surface area contributed by atoms with Crippen LogP contribution in [0.15, 0.2) is 28.3 Å². The van der Waals surface area contributed by atoms with E-state index in [1.54, 1.807) is 6.26 Å². The van der Waals surface area contributed by atoms with Crippen LogP contribution in [0.2, 0.25) is 0 Å². The molecule has 0 saturated heterocycles. The number of rotatable bonds is 6. The summed E-state index contributed by atoms with van der Waals surface area (Å²) in [5, 5.41) is 8.04. The van der Waals surface area contributed by atoms with Crippen molar-refractivity contribution < 1.29 is 4.21 Å². The Labute approximate surface area is 126 Å². The monoisotopic (exact) mass is 296 g/mol. The van der Waals surface area contributed by atoms with Crippen molar-refractivity contribution in [2.45, 2.75) is 54.0 Å². The molecule has 0 bridgehead atoms. The van der Waals surface area contributed by atoms with Crippen LogP contribution in [0.3, 0.4) is 0 Å². The molecule has 4 heteroatoms. The molecule has 0 saturated carbocycles. The fourth-order valence-corrected chi connectivity index (χ4v) is 2.34. The molecule has 0 aromatic heterocycles. The van der Waals surface area contributed by atoms with E-state index in [9.17, 15) is 4.21 Å². The lowest BCUT2D eigenvalue weighted by Gasteiger charge is -2.16.